The summed E-state index contributed by atoms with van der Waals surface area (Å²) in [7, 11) is 0. The molecule has 0 bridgehead atoms. The van der Waals surface area contributed by atoms with Crippen molar-refractivity contribution in [3.63, 3.8) is 0 Å². The van der Waals surface area contributed by atoms with Crippen LogP contribution in [0.15, 0.2) is 30.5 Å². The number of carbonyl (C=O) groups excluding carboxylic acids is 1. The molecule has 122 valence electrons. The van der Waals surface area contributed by atoms with Crippen LogP contribution in [0.1, 0.15) is 36.2 Å². The maximum atomic E-state index is 12.9. The predicted molar refractivity (Wildman–Crippen MR) is 83.6 cm³/mol. The summed E-state index contributed by atoms with van der Waals surface area (Å²) in [6, 6.07) is 5.86. The van der Waals surface area contributed by atoms with Gasteiger partial charge >= 0.3 is 0 Å². The van der Waals surface area contributed by atoms with Crippen LogP contribution in [0.2, 0.25) is 0 Å². The highest BCUT2D eigenvalue weighted by Gasteiger charge is 2.26. The zero-order valence-electron chi connectivity index (χ0n) is 12.8. The van der Waals surface area contributed by atoms with Gasteiger partial charge in [0.25, 0.3) is 5.91 Å². The molecule has 3 rings (SSSR count). The van der Waals surface area contributed by atoms with E-state index in [4.69, 9.17) is 5.73 Å². The van der Waals surface area contributed by atoms with Crippen LogP contribution in [0, 0.1) is 11.7 Å². The minimum atomic E-state index is -0.330. The van der Waals surface area contributed by atoms with Crippen LogP contribution in [0.5, 0.6) is 0 Å². The third-order valence-corrected chi connectivity index (χ3v) is 4.31. The molecule has 1 aromatic heterocycles. The number of benzene rings is 1. The molecule has 1 aromatic carbocycles. The Morgan fingerprint density at radius 3 is 2.78 bits per heavy atom. The van der Waals surface area contributed by atoms with Crippen molar-refractivity contribution >= 4 is 5.91 Å². The van der Waals surface area contributed by atoms with E-state index in [1.807, 2.05) is 0 Å². The van der Waals surface area contributed by atoms with E-state index in [1.54, 1.807) is 12.1 Å². The standard InChI is InChI=1S/C16H20FN5O/c17-12-5-7-13(8-6-12)22-19-10-15(21-22)16(23)20-14-4-2-1-3-11(14)9-18/h5-8,10-11,14H,1-4,9,18H2,(H,20,23). The Hall–Kier alpha value is -2.28. The Labute approximate surface area is 133 Å². The Bertz CT molecular complexity index is 669. The maximum Gasteiger partial charge on any atom is 0.273 e. The van der Waals surface area contributed by atoms with Crippen molar-refractivity contribution in [2.75, 3.05) is 6.54 Å². The molecule has 0 aliphatic heterocycles. The molecule has 1 amide bonds. The Morgan fingerprint density at radius 1 is 1.30 bits per heavy atom. The van der Waals surface area contributed by atoms with Crippen molar-refractivity contribution in [3.05, 3.63) is 42.0 Å². The van der Waals surface area contributed by atoms with Crippen LogP contribution in [-0.2, 0) is 0 Å². The Morgan fingerprint density at radius 2 is 2.04 bits per heavy atom. The highest BCUT2D eigenvalue weighted by atomic mass is 19.1. The van der Waals surface area contributed by atoms with Gasteiger partial charge in [-0.05, 0) is 49.6 Å². The number of aromatic nitrogens is 3. The highest BCUT2D eigenvalue weighted by molar-refractivity contribution is 5.92. The van der Waals surface area contributed by atoms with E-state index < -0.39 is 0 Å². The summed E-state index contributed by atoms with van der Waals surface area (Å²) >= 11 is 0. The van der Waals surface area contributed by atoms with Crippen LogP contribution >= 0.6 is 0 Å². The molecule has 23 heavy (non-hydrogen) atoms. The van der Waals surface area contributed by atoms with E-state index in [-0.39, 0.29) is 23.5 Å². The third kappa shape index (κ3) is 3.56. The minimum absolute atomic E-state index is 0.0946. The third-order valence-electron chi connectivity index (χ3n) is 4.31. The van der Waals surface area contributed by atoms with Crippen LogP contribution in [0.4, 0.5) is 4.39 Å². The van der Waals surface area contributed by atoms with Gasteiger partial charge in [0.15, 0.2) is 5.69 Å². The van der Waals surface area contributed by atoms with E-state index in [9.17, 15) is 9.18 Å². The largest absolute Gasteiger partial charge is 0.348 e. The van der Waals surface area contributed by atoms with Crippen LogP contribution in [0.3, 0.4) is 0 Å². The molecule has 2 aromatic rings. The van der Waals surface area contributed by atoms with E-state index in [1.165, 1.54) is 23.1 Å². The fourth-order valence-electron chi connectivity index (χ4n) is 2.99. The maximum absolute atomic E-state index is 12.9. The van der Waals surface area contributed by atoms with Crippen LogP contribution < -0.4 is 11.1 Å². The number of nitrogens with zero attached hydrogens (tertiary/aromatic N) is 3. The van der Waals surface area contributed by atoms with Crippen molar-refractivity contribution in [3.8, 4) is 5.69 Å². The summed E-state index contributed by atoms with van der Waals surface area (Å²) in [6.45, 7) is 0.577. The summed E-state index contributed by atoms with van der Waals surface area (Å²) in [5, 5.41) is 11.2. The zero-order chi connectivity index (χ0) is 16.2. The summed E-state index contributed by atoms with van der Waals surface area (Å²) in [5.41, 5.74) is 6.63. The Balaban J connectivity index is 1.69. The Kier molecular flexibility index (Phi) is 4.66. The first-order valence-corrected chi connectivity index (χ1v) is 7.86. The fourth-order valence-corrected chi connectivity index (χ4v) is 2.99. The van der Waals surface area contributed by atoms with Gasteiger partial charge < -0.3 is 11.1 Å². The molecule has 0 saturated heterocycles. The molecule has 1 aliphatic rings. The smallest absolute Gasteiger partial charge is 0.273 e. The van der Waals surface area contributed by atoms with Gasteiger partial charge in [0.05, 0.1) is 11.9 Å². The van der Waals surface area contributed by atoms with Crippen molar-refractivity contribution < 1.29 is 9.18 Å². The molecule has 7 heteroatoms. The minimum Gasteiger partial charge on any atom is -0.348 e. The van der Waals surface area contributed by atoms with E-state index in [0.717, 1.165) is 25.7 Å². The summed E-state index contributed by atoms with van der Waals surface area (Å²) in [5.74, 6) is -0.257. The number of hydrogen-bond acceptors (Lipinski definition) is 4. The second kappa shape index (κ2) is 6.87. The molecule has 1 heterocycles. The number of halogens is 1. The van der Waals surface area contributed by atoms with Gasteiger partial charge in [-0.15, -0.1) is 5.10 Å². The number of hydrogen-bond donors (Lipinski definition) is 2. The molecule has 2 unspecified atom stereocenters. The SMILES string of the molecule is NCC1CCCCC1NC(=O)c1cnn(-c2ccc(F)cc2)n1. The molecule has 3 N–H and O–H groups in total. The van der Waals surface area contributed by atoms with E-state index in [0.29, 0.717) is 18.2 Å². The van der Waals surface area contributed by atoms with Gasteiger partial charge in [-0.2, -0.15) is 9.90 Å². The monoisotopic (exact) mass is 317 g/mol. The lowest BCUT2D eigenvalue weighted by molar-refractivity contribution is 0.0902. The first-order chi connectivity index (χ1) is 11.2. The van der Waals surface area contributed by atoms with Gasteiger partial charge in [-0.25, -0.2) is 4.39 Å². The van der Waals surface area contributed by atoms with Crippen LogP contribution in [-0.4, -0.2) is 33.5 Å². The second-order valence-corrected chi connectivity index (χ2v) is 5.86. The van der Waals surface area contributed by atoms with Gasteiger partial charge in [0.2, 0.25) is 0 Å². The summed E-state index contributed by atoms with van der Waals surface area (Å²) in [6.07, 6.45) is 5.67. The topological polar surface area (TPSA) is 85.8 Å². The van der Waals surface area contributed by atoms with Crippen molar-refractivity contribution in [2.45, 2.75) is 31.7 Å². The average molecular weight is 317 g/mol. The fraction of sp³-hybridized carbons (Fsp3) is 0.438. The van der Waals surface area contributed by atoms with Crippen molar-refractivity contribution in [1.82, 2.24) is 20.3 Å². The zero-order valence-corrected chi connectivity index (χ0v) is 12.8. The lowest BCUT2D eigenvalue weighted by atomic mass is 9.84. The molecule has 0 radical (unpaired) electrons. The van der Waals surface area contributed by atoms with E-state index in [2.05, 4.69) is 15.5 Å². The van der Waals surface area contributed by atoms with Gasteiger partial charge in [-0.1, -0.05) is 12.8 Å². The summed E-state index contributed by atoms with van der Waals surface area (Å²) in [4.78, 5) is 13.7. The second-order valence-electron chi connectivity index (χ2n) is 5.86. The number of nitrogens with one attached hydrogen (secondary N) is 1. The quantitative estimate of drug-likeness (QED) is 0.898. The normalized spacial score (nSPS) is 21.1. The molecule has 1 saturated carbocycles. The lowest BCUT2D eigenvalue weighted by Crippen LogP contribution is -2.44. The van der Waals surface area contributed by atoms with Gasteiger partial charge in [-0.3, -0.25) is 4.79 Å². The number of rotatable bonds is 4. The molecular formula is C16H20FN5O. The van der Waals surface area contributed by atoms with Gasteiger partial charge in [0, 0.05) is 6.04 Å². The van der Waals surface area contributed by atoms with E-state index >= 15 is 0 Å². The number of nitrogens with two attached hydrogens (primary N) is 1. The predicted octanol–water partition coefficient (Wildman–Crippen LogP) is 1.65. The molecular weight excluding hydrogens is 297 g/mol. The highest BCUT2D eigenvalue weighted by Crippen LogP contribution is 2.23. The lowest BCUT2D eigenvalue weighted by Gasteiger charge is -2.30. The molecule has 2 atom stereocenters. The molecule has 1 fully saturated rings. The van der Waals surface area contributed by atoms with Crippen molar-refractivity contribution in [1.29, 1.82) is 0 Å². The summed E-state index contributed by atoms with van der Waals surface area (Å²) < 4.78 is 12.9. The first kappa shape index (κ1) is 15.6. The number of amides is 1. The molecule has 1 aliphatic carbocycles. The van der Waals surface area contributed by atoms with Gasteiger partial charge in [0.1, 0.15) is 5.82 Å². The number of carbonyl (C=O) groups is 1. The molecule has 6 nitrogen and oxygen atoms in total. The van der Waals surface area contributed by atoms with Crippen LogP contribution in [0.25, 0.3) is 5.69 Å². The van der Waals surface area contributed by atoms with Crippen molar-refractivity contribution in [2.24, 2.45) is 11.7 Å². The molecule has 0 spiro atoms. The first-order valence-electron chi connectivity index (χ1n) is 7.86. The average Bonchev–Trinajstić information content (AvgIpc) is 3.06.